The SMILES string of the molecule is CC(=O)c1ccc(Br)cc1.CC(=O)c1ccc(C2CC2)cc1.CC(C)OC(=O)[C@@H](Cn1cncn1)OC(=O)N[C@@H](C)c1ccc(C2CC2)cc1.C[C@H](N=C=O)c1ccc(C2CC2)cc1.C[C@H](N[S@@](=O)C(C)(C)C)c1ccc(C2CC2)cc1.C[C@H]([NH3+])c1ccc(C2CC2)cc1.[Cl-]. The molecule has 1 aromatic heterocycles. The number of Topliss-reactive ketones (excluding diaryl/α,β-unsaturated/α-hetero) is 2. The largest absolute Gasteiger partial charge is 1.00 e. The van der Waals surface area contributed by atoms with Gasteiger partial charge in [0.15, 0.2) is 11.6 Å². The maximum absolute atomic E-state index is 12.4. The first-order valence-corrected chi connectivity index (χ1v) is 35.1. The molecule has 0 saturated heterocycles. The summed E-state index contributed by atoms with van der Waals surface area (Å²) in [5.74, 6) is 3.56. The van der Waals surface area contributed by atoms with Gasteiger partial charge < -0.3 is 32.9 Å². The van der Waals surface area contributed by atoms with Gasteiger partial charge in [-0.25, -0.2) is 33.0 Å². The Morgan fingerprint density at radius 1 is 0.589 bits per heavy atom. The van der Waals surface area contributed by atoms with Gasteiger partial charge in [0, 0.05) is 27.2 Å². The maximum Gasteiger partial charge on any atom is 0.408 e. The Balaban J connectivity index is 0.000000187. The van der Waals surface area contributed by atoms with E-state index in [9.17, 15) is 28.2 Å². The van der Waals surface area contributed by atoms with Crippen molar-refractivity contribution >= 4 is 56.6 Å². The van der Waals surface area contributed by atoms with Crippen LogP contribution in [0.2, 0.25) is 0 Å². The molecule has 7 aromatic rings. The van der Waals surface area contributed by atoms with E-state index in [4.69, 9.17) is 9.47 Å². The Hall–Kier alpha value is -7.24. The number of nitrogens with one attached hydrogen (secondary N) is 2. The van der Waals surface area contributed by atoms with Crippen molar-refractivity contribution < 1.29 is 55.8 Å². The lowest BCUT2D eigenvalue weighted by atomic mass is 10.0. The number of esters is 1. The first-order chi connectivity index (χ1) is 44.8. The molecule has 1 heterocycles. The van der Waals surface area contributed by atoms with Gasteiger partial charge >= 0.3 is 12.1 Å². The summed E-state index contributed by atoms with van der Waals surface area (Å²) in [6.45, 7) is 20.6. The average molecular weight is 1400 g/mol. The minimum Gasteiger partial charge on any atom is -1.00 e. The molecule has 0 radical (unpaired) electrons. The molecule has 508 valence electrons. The summed E-state index contributed by atoms with van der Waals surface area (Å²) in [6.07, 6.45) is 15.5. The molecule has 6 atom stereocenters. The van der Waals surface area contributed by atoms with Gasteiger partial charge in [-0.15, -0.1) is 0 Å². The van der Waals surface area contributed by atoms with Crippen molar-refractivity contribution in [2.24, 2.45) is 4.99 Å². The van der Waals surface area contributed by atoms with Crippen LogP contribution in [-0.4, -0.2) is 65.6 Å². The molecule has 0 bridgehead atoms. The summed E-state index contributed by atoms with van der Waals surface area (Å²) in [4.78, 5) is 63.9. The first-order valence-electron chi connectivity index (χ1n) is 33.2. The lowest BCUT2D eigenvalue weighted by Gasteiger charge is -2.22. The molecule has 6 aromatic carbocycles. The molecule has 5 saturated carbocycles. The first kappa shape index (κ1) is 76.8. The molecule has 0 unspecified atom stereocenters. The molecule has 12 rings (SSSR count). The maximum atomic E-state index is 12.4. The quantitative estimate of drug-likeness (QED) is 0.0284. The summed E-state index contributed by atoms with van der Waals surface area (Å²) in [6, 6.07) is 49.8. The number of carbonyl (C=O) groups excluding carboxylic acids is 5. The van der Waals surface area contributed by atoms with E-state index in [0.29, 0.717) is 12.0 Å². The molecule has 1 amide bonds. The van der Waals surface area contributed by atoms with Crippen molar-refractivity contribution in [3.05, 3.63) is 224 Å². The molecule has 5 N–H and O–H groups in total. The van der Waals surface area contributed by atoms with E-state index in [0.717, 1.165) is 50.4 Å². The molecule has 15 nitrogen and oxygen atoms in total. The van der Waals surface area contributed by atoms with E-state index in [-0.39, 0.29) is 59.5 Å². The summed E-state index contributed by atoms with van der Waals surface area (Å²) >= 11 is 3.28. The van der Waals surface area contributed by atoms with Gasteiger partial charge in [-0.2, -0.15) is 10.1 Å². The van der Waals surface area contributed by atoms with Gasteiger partial charge in [-0.3, -0.25) is 9.59 Å². The van der Waals surface area contributed by atoms with Gasteiger partial charge in [0.1, 0.15) is 18.7 Å². The van der Waals surface area contributed by atoms with Crippen molar-refractivity contribution in [1.29, 1.82) is 0 Å². The van der Waals surface area contributed by atoms with Crippen molar-refractivity contribution in [2.75, 3.05) is 0 Å². The summed E-state index contributed by atoms with van der Waals surface area (Å²) in [7, 11) is -1.02. The second kappa shape index (κ2) is 37.3. The molecular weight excluding hydrogens is 1300 g/mol. The fourth-order valence-corrected chi connectivity index (χ4v) is 11.0. The number of aliphatic imine (C=N–C) groups is 1. The van der Waals surface area contributed by atoms with E-state index in [2.05, 4.69) is 158 Å². The van der Waals surface area contributed by atoms with Crippen LogP contribution in [0.3, 0.4) is 0 Å². The van der Waals surface area contributed by atoms with Crippen LogP contribution in [0, 0.1) is 0 Å². The number of ether oxygens (including phenoxy) is 2. The summed E-state index contributed by atoms with van der Waals surface area (Å²) in [5.41, 5.74) is 17.3. The fraction of sp³-hybridized carbons (Fsp3) is 0.442. The van der Waals surface area contributed by atoms with E-state index >= 15 is 0 Å². The van der Waals surface area contributed by atoms with Crippen LogP contribution in [0.1, 0.15) is 265 Å². The van der Waals surface area contributed by atoms with Crippen LogP contribution in [0.25, 0.3) is 0 Å². The second-order valence-corrected chi connectivity index (χ2v) is 29.6. The Morgan fingerprint density at radius 2 is 0.958 bits per heavy atom. The van der Waals surface area contributed by atoms with Crippen LogP contribution in [0.4, 0.5) is 4.79 Å². The fourth-order valence-electron chi connectivity index (χ4n) is 9.96. The number of hydrogen-bond acceptors (Lipinski definition) is 11. The lowest BCUT2D eigenvalue weighted by molar-refractivity contribution is -0.420. The number of hydrogen-bond donors (Lipinski definition) is 3. The van der Waals surface area contributed by atoms with E-state index in [1.807, 2.05) is 71.0 Å². The minimum atomic E-state index is -1.12. The van der Waals surface area contributed by atoms with Crippen LogP contribution in [-0.2, 0) is 36.6 Å². The zero-order chi connectivity index (χ0) is 68.1. The van der Waals surface area contributed by atoms with Crippen molar-refractivity contribution in [3.63, 3.8) is 0 Å². The van der Waals surface area contributed by atoms with Crippen LogP contribution < -0.4 is 28.2 Å². The third-order valence-electron chi connectivity index (χ3n) is 16.7. The van der Waals surface area contributed by atoms with Gasteiger partial charge in [-0.1, -0.05) is 149 Å². The normalized spacial score (nSPS) is 16.3. The highest BCUT2D eigenvalue weighted by molar-refractivity contribution is 9.10. The Kier molecular flexibility index (Phi) is 30.2. The standard InChI is InChI=1S/C20H26N4O4.C15H23NOS.C12H13NO.C11H15N.C11H12O.C8H7BrO.ClH/c1-13(2)27-19(25)18(10-24-12-21-11-22-24)28-20(26)23-14(3)15-4-6-16(7-5-15)17-8-9-17;1-11(16-18(17)15(2,3)4)12-5-7-13(8-6-12)14-9-10-14;1-9(13-8-14)10-2-4-11(5-3-10)12-6-7-12;2*1-8(12)9-2-4-10(5-3-9)11-6-7-11;1-6(10)7-2-4-8(9)5-3-7;/h4-7,11-14,17-18H,8-10H2,1-3H3,(H,23,26);5-8,11,14,16H,9-10H2,1-4H3;2-5,9,12H,6-7H2,1H3;2-5,8,11H,6-7,12H2,1H3;2-5,11H,6-7H2,1H3;2-5H,1H3;1H/t14-,18+;11-,18-;9-;8-;;;/m0000.../s1. The average Bonchev–Trinajstić information content (AvgIpc) is 2.31. The third kappa shape index (κ3) is 27.1. The van der Waals surface area contributed by atoms with Crippen LogP contribution in [0.5, 0.6) is 0 Å². The van der Waals surface area contributed by atoms with Gasteiger partial charge in [-0.05, 0) is 227 Å². The molecule has 5 aliphatic rings. The number of quaternary nitrogens is 1. The zero-order valence-electron chi connectivity index (χ0n) is 57.1. The van der Waals surface area contributed by atoms with Crippen molar-refractivity contribution in [1.82, 2.24) is 24.8 Å². The molecular formula is C77H97BrClN7O8S. The van der Waals surface area contributed by atoms with Crippen molar-refractivity contribution in [2.45, 2.75) is 218 Å². The van der Waals surface area contributed by atoms with Crippen molar-refractivity contribution in [3.8, 4) is 0 Å². The monoisotopic (exact) mass is 1390 g/mol. The number of rotatable bonds is 20. The molecule has 0 aliphatic heterocycles. The number of halogens is 2. The number of amides is 1. The lowest BCUT2D eigenvalue weighted by Crippen LogP contribution is -3.00. The highest BCUT2D eigenvalue weighted by atomic mass is 79.9. The molecule has 18 heteroatoms. The molecule has 5 fully saturated rings. The molecule has 5 aliphatic carbocycles. The van der Waals surface area contributed by atoms with Crippen LogP contribution in [0.15, 0.2) is 168 Å². The number of aromatic nitrogens is 3. The van der Waals surface area contributed by atoms with E-state index in [1.165, 1.54) is 120 Å². The topological polar surface area (TPSA) is 216 Å². The van der Waals surface area contributed by atoms with E-state index < -0.39 is 29.2 Å². The second-order valence-electron chi connectivity index (χ2n) is 26.7. The Bertz CT molecular complexity index is 3560. The highest BCUT2D eigenvalue weighted by Gasteiger charge is 2.30. The predicted molar refractivity (Wildman–Crippen MR) is 377 cm³/mol. The van der Waals surface area contributed by atoms with Gasteiger partial charge in [0.25, 0.3) is 0 Å². The summed E-state index contributed by atoms with van der Waals surface area (Å²) in [5, 5.41) is 6.71. The highest BCUT2D eigenvalue weighted by Crippen LogP contribution is 2.43. The number of ketones is 2. The number of nitrogens with zero attached hydrogens (tertiary/aromatic N) is 4. The number of carbonyl (C=O) groups is 4. The molecule has 95 heavy (non-hydrogen) atoms. The molecule has 0 spiro atoms. The third-order valence-corrected chi connectivity index (χ3v) is 18.9. The van der Waals surface area contributed by atoms with Gasteiger partial charge in [0.2, 0.25) is 12.2 Å². The zero-order valence-corrected chi connectivity index (χ0v) is 60.2. The number of alkyl carbamates (subject to hydrolysis) is 1. The predicted octanol–water partition coefficient (Wildman–Crippen LogP) is 13.9. The van der Waals surface area contributed by atoms with Crippen LogP contribution >= 0.6 is 15.9 Å². The minimum absolute atomic E-state index is 0. The Labute approximate surface area is 580 Å². The smallest absolute Gasteiger partial charge is 0.408 e. The van der Waals surface area contributed by atoms with Gasteiger partial charge in [0.05, 0.1) is 40.5 Å². The summed E-state index contributed by atoms with van der Waals surface area (Å²) < 4.78 is 27.9. The number of isocyanates is 1. The Morgan fingerprint density at radius 3 is 1.29 bits per heavy atom. The number of benzene rings is 6. The van der Waals surface area contributed by atoms with E-state index in [1.54, 1.807) is 45.9 Å².